The third kappa shape index (κ3) is 2.93. The summed E-state index contributed by atoms with van der Waals surface area (Å²) in [6, 6.07) is 11.5. The van der Waals surface area contributed by atoms with Crippen LogP contribution in [-0.4, -0.2) is 45.9 Å². The molecule has 0 unspecified atom stereocenters. The minimum Gasteiger partial charge on any atom is -0.357 e. The predicted molar refractivity (Wildman–Crippen MR) is 106 cm³/mol. The highest BCUT2D eigenvalue weighted by molar-refractivity contribution is 6.04. The van der Waals surface area contributed by atoms with Gasteiger partial charge in [-0.2, -0.15) is 0 Å². The Bertz CT molecular complexity index is 879. The molecule has 0 spiro atoms. The van der Waals surface area contributed by atoms with Crippen LogP contribution in [0.1, 0.15) is 36.0 Å². The summed E-state index contributed by atoms with van der Waals surface area (Å²) in [5.74, 6) is 0.859. The second-order valence-corrected chi connectivity index (χ2v) is 7.89. The maximum Gasteiger partial charge on any atom is 0.328 e. The average Bonchev–Trinajstić information content (AvgIpc) is 2.97. The fourth-order valence-electron chi connectivity index (χ4n) is 4.56. The first-order valence-electron chi connectivity index (χ1n) is 10.1. The molecule has 6 nitrogen and oxygen atoms in total. The summed E-state index contributed by atoms with van der Waals surface area (Å²) < 4.78 is 0. The topological polar surface area (TPSA) is 56.8 Å². The van der Waals surface area contributed by atoms with Crippen molar-refractivity contribution in [3.05, 3.63) is 59.3 Å². The quantitative estimate of drug-likeness (QED) is 0.773. The zero-order valence-electron chi connectivity index (χ0n) is 15.9. The van der Waals surface area contributed by atoms with Gasteiger partial charge in [-0.1, -0.05) is 24.3 Å². The van der Waals surface area contributed by atoms with E-state index in [-0.39, 0.29) is 18.0 Å². The lowest BCUT2D eigenvalue weighted by atomic mass is 9.95. The van der Waals surface area contributed by atoms with Gasteiger partial charge in [-0.05, 0) is 48.1 Å². The highest BCUT2D eigenvalue weighted by Gasteiger charge is 2.46. The van der Waals surface area contributed by atoms with E-state index in [0.29, 0.717) is 19.5 Å². The second-order valence-electron chi connectivity index (χ2n) is 7.89. The molecule has 0 saturated carbocycles. The normalized spacial score (nSPS) is 21.7. The minimum absolute atomic E-state index is 0.0872. The number of hydrogen-bond acceptors (Lipinski definition) is 4. The van der Waals surface area contributed by atoms with E-state index in [1.54, 1.807) is 11.1 Å². The molecule has 0 N–H and O–H groups in total. The van der Waals surface area contributed by atoms with Crippen LogP contribution in [0.3, 0.4) is 0 Å². The number of nitrogens with zero attached hydrogens (tertiary/aromatic N) is 4. The van der Waals surface area contributed by atoms with E-state index in [2.05, 4.69) is 16.0 Å². The lowest BCUT2D eigenvalue weighted by molar-refractivity contribution is -0.128. The Kier molecular flexibility index (Phi) is 4.26. The van der Waals surface area contributed by atoms with Crippen LogP contribution in [0.4, 0.5) is 10.6 Å². The van der Waals surface area contributed by atoms with Gasteiger partial charge in [0.15, 0.2) is 0 Å². The maximum atomic E-state index is 13.0. The standard InChI is InChI=1S/C22H24N4O2/c27-21-19-13-17-6-2-3-7-18(17)15-25(19)22(28)26(21)14-16-8-9-23-20(12-16)24-10-4-1-5-11-24/h2-3,6-9,12,19H,1,4-5,10-11,13-15H2/t19-/m1/s1. The number of rotatable bonds is 3. The van der Waals surface area contributed by atoms with Gasteiger partial charge in [0.2, 0.25) is 0 Å². The maximum absolute atomic E-state index is 13.0. The first-order chi connectivity index (χ1) is 13.7. The molecular weight excluding hydrogens is 352 g/mol. The number of carbonyl (C=O) groups excluding carboxylic acids is 2. The fraction of sp³-hybridized carbons (Fsp3) is 0.409. The predicted octanol–water partition coefficient (Wildman–Crippen LogP) is 2.96. The number of benzene rings is 1. The van der Waals surface area contributed by atoms with E-state index in [1.807, 2.05) is 30.3 Å². The molecule has 3 aliphatic heterocycles. The molecule has 6 heteroatoms. The molecule has 0 radical (unpaired) electrons. The Balaban J connectivity index is 1.35. The largest absolute Gasteiger partial charge is 0.357 e. The Morgan fingerprint density at radius 3 is 2.61 bits per heavy atom. The Hall–Kier alpha value is -2.89. The molecule has 0 bridgehead atoms. The van der Waals surface area contributed by atoms with Gasteiger partial charge in [-0.15, -0.1) is 0 Å². The molecule has 1 atom stereocenters. The lowest BCUT2D eigenvalue weighted by Gasteiger charge is -2.28. The van der Waals surface area contributed by atoms with Gasteiger partial charge >= 0.3 is 6.03 Å². The van der Waals surface area contributed by atoms with Crippen molar-refractivity contribution in [1.29, 1.82) is 0 Å². The van der Waals surface area contributed by atoms with Crippen LogP contribution >= 0.6 is 0 Å². The number of hydrogen-bond donors (Lipinski definition) is 0. The molecule has 3 aliphatic rings. The van der Waals surface area contributed by atoms with Crippen LogP contribution in [0.15, 0.2) is 42.6 Å². The summed E-state index contributed by atoms with van der Waals surface area (Å²) in [5.41, 5.74) is 3.26. The van der Waals surface area contributed by atoms with Gasteiger partial charge in [0, 0.05) is 32.3 Å². The fourth-order valence-corrected chi connectivity index (χ4v) is 4.56. The number of carbonyl (C=O) groups is 2. The molecule has 2 saturated heterocycles. The van der Waals surface area contributed by atoms with Crippen molar-refractivity contribution >= 4 is 17.8 Å². The number of urea groups is 1. The van der Waals surface area contributed by atoms with Crippen molar-refractivity contribution in [2.45, 2.75) is 44.8 Å². The van der Waals surface area contributed by atoms with E-state index in [9.17, 15) is 9.59 Å². The number of anilines is 1. The van der Waals surface area contributed by atoms with Gasteiger partial charge in [-0.25, -0.2) is 9.78 Å². The van der Waals surface area contributed by atoms with Crippen molar-refractivity contribution in [3.8, 4) is 0 Å². The number of aromatic nitrogens is 1. The number of pyridine rings is 1. The monoisotopic (exact) mass is 376 g/mol. The van der Waals surface area contributed by atoms with Crippen LogP contribution in [0.5, 0.6) is 0 Å². The van der Waals surface area contributed by atoms with Crippen molar-refractivity contribution in [3.63, 3.8) is 0 Å². The van der Waals surface area contributed by atoms with Gasteiger partial charge < -0.3 is 9.80 Å². The van der Waals surface area contributed by atoms with E-state index >= 15 is 0 Å². The Labute approximate surface area is 164 Å². The van der Waals surface area contributed by atoms with Crippen molar-refractivity contribution < 1.29 is 9.59 Å². The van der Waals surface area contributed by atoms with Crippen molar-refractivity contribution in [2.75, 3.05) is 18.0 Å². The summed E-state index contributed by atoms with van der Waals surface area (Å²) in [7, 11) is 0. The van der Waals surface area contributed by atoms with Crippen LogP contribution in [-0.2, 0) is 24.3 Å². The number of piperidine rings is 1. The third-order valence-electron chi connectivity index (χ3n) is 6.11. The number of imide groups is 1. The molecule has 5 rings (SSSR count). The highest BCUT2D eigenvalue weighted by Crippen LogP contribution is 2.31. The van der Waals surface area contributed by atoms with Crippen molar-refractivity contribution in [2.24, 2.45) is 0 Å². The summed E-state index contributed by atoms with van der Waals surface area (Å²) >= 11 is 0. The molecule has 28 heavy (non-hydrogen) atoms. The van der Waals surface area contributed by atoms with E-state index in [0.717, 1.165) is 30.0 Å². The zero-order valence-corrected chi connectivity index (χ0v) is 15.9. The van der Waals surface area contributed by atoms with Crippen LogP contribution < -0.4 is 4.90 Å². The third-order valence-corrected chi connectivity index (χ3v) is 6.11. The van der Waals surface area contributed by atoms with Crippen molar-refractivity contribution in [1.82, 2.24) is 14.8 Å². The average molecular weight is 376 g/mol. The van der Waals surface area contributed by atoms with E-state index in [1.165, 1.54) is 29.7 Å². The highest BCUT2D eigenvalue weighted by atomic mass is 16.2. The Morgan fingerprint density at radius 1 is 1.00 bits per heavy atom. The molecular formula is C22H24N4O2. The first-order valence-corrected chi connectivity index (χ1v) is 10.1. The SMILES string of the molecule is O=C1[C@H]2Cc3ccccc3CN2C(=O)N1Cc1ccnc(N2CCCCC2)c1. The van der Waals surface area contributed by atoms with Gasteiger partial charge in [0.05, 0.1) is 6.54 Å². The summed E-state index contributed by atoms with van der Waals surface area (Å²) in [6.45, 7) is 2.86. The molecule has 1 aromatic carbocycles. The van der Waals surface area contributed by atoms with Crippen LogP contribution in [0.2, 0.25) is 0 Å². The molecule has 1 aromatic heterocycles. The number of amides is 3. The van der Waals surface area contributed by atoms with Crippen LogP contribution in [0.25, 0.3) is 0 Å². The molecule has 144 valence electrons. The molecule has 4 heterocycles. The van der Waals surface area contributed by atoms with E-state index < -0.39 is 0 Å². The van der Waals surface area contributed by atoms with Crippen LogP contribution in [0, 0.1) is 0 Å². The van der Waals surface area contributed by atoms with Gasteiger partial charge in [0.1, 0.15) is 11.9 Å². The smallest absolute Gasteiger partial charge is 0.328 e. The molecule has 3 amide bonds. The van der Waals surface area contributed by atoms with Gasteiger partial charge in [0.25, 0.3) is 5.91 Å². The first kappa shape index (κ1) is 17.2. The molecule has 2 fully saturated rings. The summed E-state index contributed by atoms with van der Waals surface area (Å²) in [5, 5.41) is 0. The Morgan fingerprint density at radius 2 is 1.79 bits per heavy atom. The zero-order chi connectivity index (χ0) is 19.1. The number of fused-ring (bicyclic) bond motifs is 2. The second kappa shape index (κ2) is 6.93. The minimum atomic E-state index is -0.370. The molecule has 2 aromatic rings. The van der Waals surface area contributed by atoms with Gasteiger partial charge in [-0.3, -0.25) is 9.69 Å². The molecule has 0 aliphatic carbocycles. The lowest BCUT2D eigenvalue weighted by Crippen LogP contribution is -2.39. The summed E-state index contributed by atoms with van der Waals surface area (Å²) in [6.07, 6.45) is 6.03. The summed E-state index contributed by atoms with van der Waals surface area (Å²) in [4.78, 5) is 35.9. The van der Waals surface area contributed by atoms with E-state index in [4.69, 9.17) is 0 Å².